The second-order valence-corrected chi connectivity index (χ2v) is 7.38. The van der Waals surface area contributed by atoms with Gasteiger partial charge < -0.3 is 14.5 Å². The highest BCUT2D eigenvalue weighted by atomic mass is 16.5. The number of methoxy groups -OCH3 is 1. The maximum Gasteiger partial charge on any atom is 0.243 e. The second-order valence-electron chi connectivity index (χ2n) is 7.38. The minimum atomic E-state index is -0.124. The fraction of sp³-hybridized carbons (Fsp3) is 0.571. The van der Waals surface area contributed by atoms with Gasteiger partial charge >= 0.3 is 0 Å². The Morgan fingerprint density at radius 2 is 2.08 bits per heavy atom. The zero-order valence-electron chi connectivity index (χ0n) is 16.0. The Bertz CT molecular complexity index is 623. The van der Waals surface area contributed by atoms with Crippen LogP contribution in [0.25, 0.3) is 0 Å². The summed E-state index contributed by atoms with van der Waals surface area (Å²) in [6.45, 7) is 4.96. The number of likely N-dealkylation sites (N-methyl/N-ethyl adjacent to an activating group) is 1. The summed E-state index contributed by atoms with van der Waals surface area (Å²) < 4.78 is 5.44. The van der Waals surface area contributed by atoms with Gasteiger partial charge in [0.05, 0.1) is 7.11 Å². The number of nitrogens with one attached hydrogen (secondary N) is 1. The number of benzene rings is 1. The van der Waals surface area contributed by atoms with E-state index in [0.717, 1.165) is 57.7 Å². The van der Waals surface area contributed by atoms with Crippen molar-refractivity contribution in [2.75, 3.05) is 46.9 Å². The maximum absolute atomic E-state index is 12.4. The number of hydrogen-bond donors (Lipinski definition) is 1. The molecule has 1 fully saturated rings. The van der Waals surface area contributed by atoms with Crippen LogP contribution in [0.1, 0.15) is 18.4 Å². The first-order valence-electron chi connectivity index (χ1n) is 9.66. The third-order valence-electron chi connectivity index (χ3n) is 5.56. The number of para-hydroxylation sites is 1. The number of carbonyl (C=O) groups excluding carboxylic acids is 1. The van der Waals surface area contributed by atoms with E-state index in [9.17, 15) is 4.79 Å². The minimum Gasteiger partial charge on any atom is -0.496 e. The van der Waals surface area contributed by atoms with E-state index in [1.54, 1.807) is 7.11 Å². The lowest BCUT2D eigenvalue weighted by molar-refractivity contribution is -0.131. The van der Waals surface area contributed by atoms with Gasteiger partial charge in [0.1, 0.15) is 11.8 Å². The van der Waals surface area contributed by atoms with Crippen LogP contribution in [0.15, 0.2) is 36.4 Å². The average molecular weight is 357 g/mol. The van der Waals surface area contributed by atoms with E-state index in [2.05, 4.69) is 22.3 Å². The smallest absolute Gasteiger partial charge is 0.243 e. The Morgan fingerprint density at radius 3 is 2.77 bits per heavy atom. The third-order valence-corrected chi connectivity index (χ3v) is 5.56. The van der Waals surface area contributed by atoms with Gasteiger partial charge in [-0.1, -0.05) is 30.4 Å². The van der Waals surface area contributed by atoms with Crippen molar-refractivity contribution in [3.8, 4) is 5.75 Å². The molecule has 0 unspecified atom stereocenters. The quantitative estimate of drug-likeness (QED) is 0.758. The van der Waals surface area contributed by atoms with Crippen molar-refractivity contribution in [3.63, 3.8) is 0 Å². The Hall–Kier alpha value is -1.85. The van der Waals surface area contributed by atoms with Crippen LogP contribution in [0.5, 0.6) is 5.75 Å². The minimum absolute atomic E-state index is 0.124. The number of likely N-dealkylation sites (tertiary alicyclic amines) is 1. The first kappa shape index (κ1) is 18.9. The molecule has 3 rings (SSSR count). The molecule has 0 radical (unpaired) electrons. The van der Waals surface area contributed by atoms with Crippen LogP contribution in [0.2, 0.25) is 0 Å². The summed E-state index contributed by atoms with van der Waals surface area (Å²) in [5.74, 6) is 1.78. The highest BCUT2D eigenvalue weighted by Gasteiger charge is 2.25. The Labute approximate surface area is 157 Å². The van der Waals surface area contributed by atoms with Crippen molar-refractivity contribution >= 4 is 5.91 Å². The molecule has 1 atom stereocenters. The van der Waals surface area contributed by atoms with Gasteiger partial charge in [-0.2, -0.15) is 0 Å². The summed E-state index contributed by atoms with van der Waals surface area (Å²) in [5.41, 5.74) is 1.28. The Balaban J connectivity index is 1.40. The third kappa shape index (κ3) is 4.86. The Kier molecular flexibility index (Phi) is 6.69. The SMILES string of the molecule is COc1ccccc1CCN1CCC(CN(C)C(=O)[C@H]2C=CCN2)CC1. The lowest BCUT2D eigenvalue weighted by Gasteiger charge is -2.34. The first-order valence-corrected chi connectivity index (χ1v) is 9.66. The number of amides is 1. The van der Waals surface area contributed by atoms with Gasteiger partial charge in [-0.15, -0.1) is 0 Å². The van der Waals surface area contributed by atoms with Crippen LogP contribution >= 0.6 is 0 Å². The molecule has 0 spiro atoms. The topological polar surface area (TPSA) is 44.8 Å². The van der Waals surface area contributed by atoms with E-state index in [1.807, 2.05) is 36.2 Å². The molecule has 1 aromatic rings. The number of ether oxygens (including phenoxy) is 1. The van der Waals surface area contributed by atoms with Crippen LogP contribution in [-0.4, -0.2) is 68.6 Å². The molecule has 5 nitrogen and oxygen atoms in total. The molecule has 1 amide bonds. The van der Waals surface area contributed by atoms with E-state index in [-0.39, 0.29) is 11.9 Å². The fourth-order valence-electron chi connectivity index (χ4n) is 3.93. The van der Waals surface area contributed by atoms with Crippen molar-refractivity contribution < 1.29 is 9.53 Å². The van der Waals surface area contributed by atoms with Gasteiger partial charge in [0, 0.05) is 26.7 Å². The van der Waals surface area contributed by atoms with E-state index < -0.39 is 0 Å². The molecule has 0 saturated carbocycles. The molecule has 26 heavy (non-hydrogen) atoms. The zero-order valence-corrected chi connectivity index (χ0v) is 16.0. The first-order chi connectivity index (χ1) is 12.7. The standard InChI is InChI=1S/C21H31N3O2/c1-23(21(25)19-7-5-12-22-19)16-17-9-13-24(14-10-17)15-11-18-6-3-4-8-20(18)26-2/h3-8,17,19,22H,9-16H2,1-2H3/t19-/m1/s1. The molecule has 1 aromatic carbocycles. The summed E-state index contributed by atoms with van der Waals surface area (Å²) in [5, 5.41) is 3.20. The summed E-state index contributed by atoms with van der Waals surface area (Å²) >= 11 is 0. The molecular formula is C21H31N3O2. The molecule has 2 aliphatic rings. The van der Waals surface area contributed by atoms with Crippen LogP contribution in [-0.2, 0) is 11.2 Å². The number of carbonyl (C=O) groups is 1. The molecule has 0 bridgehead atoms. The van der Waals surface area contributed by atoms with Crippen LogP contribution in [0.3, 0.4) is 0 Å². The number of nitrogens with zero attached hydrogens (tertiary/aromatic N) is 2. The van der Waals surface area contributed by atoms with Crippen molar-refractivity contribution in [2.24, 2.45) is 5.92 Å². The van der Waals surface area contributed by atoms with Gasteiger partial charge in [0.15, 0.2) is 0 Å². The summed E-state index contributed by atoms with van der Waals surface area (Å²) in [6, 6.07) is 8.15. The predicted octanol–water partition coefficient (Wildman–Crippen LogP) is 1.94. The van der Waals surface area contributed by atoms with E-state index in [1.165, 1.54) is 5.56 Å². The molecule has 1 N–H and O–H groups in total. The molecular weight excluding hydrogens is 326 g/mol. The van der Waals surface area contributed by atoms with Crippen LogP contribution in [0, 0.1) is 5.92 Å². The van der Waals surface area contributed by atoms with Crippen molar-refractivity contribution in [3.05, 3.63) is 42.0 Å². The predicted molar refractivity (Wildman–Crippen MR) is 104 cm³/mol. The van der Waals surface area contributed by atoms with E-state index in [0.29, 0.717) is 5.92 Å². The molecule has 1 saturated heterocycles. The molecule has 0 aliphatic carbocycles. The summed E-state index contributed by atoms with van der Waals surface area (Å²) in [6.07, 6.45) is 7.34. The van der Waals surface area contributed by atoms with Gasteiger partial charge in [-0.25, -0.2) is 0 Å². The molecule has 5 heteroatoms. The van der Waals surface area contributed by atoms with Crippen LogP contribution in [0.4, 0.5) is 0 Å². The summed E-state index contributed by atoms with van der Waals surface area (Å²) in [7, 11) is 3.67. The lowest BCUT2D eigenvalue weighted by atomic mass is 9.95. The average Bonchev–Trinajstić information content (AvgIpc) is 3.21. The zero-order chi connectivity index (χ0) is 18.4. The van der Waals surface area contributed by atoms with E-state index in [4.69, 9.17) is 4.74 Å². The molecule has 2 heterocycles. The Morgan fingerprint density at radius 1 is 1.31 bits per heavy atom. The van der Waals surface area contributed by atoms with Crippen LogP contribution < -0.4 is 10.1 Å². The lowest BCUT2D eigenvalue weighted by Crippen LogP contribution is -2.45. The van der Waals surface area contributed by atoms with Gasteiger partial charge in [-0.05, 0) is 49.9 Å². The molecule has 0 aromatic heterocycles. The summed E-state index contributed by atoms with van der Waals surface area (Å²) in [4.78, 5) is 16.8. The van der Waals surface area contributed by atoms with Crippen molar-refractivity contribution in [2.45, 2.75) is 25.3 Å². The maximum atomic E-state index is 12.4. The molecule has 2 aliphatic heterocycles. The highest BCUT2D eigenvalue weighted by molar-refractivity contribution is 5.84. The number of hydrogen-bond acceptors (Lipinski definition) is 4. The van der Waals surface area contributed by atoms with Crippen molar-refractivity contribution in [1.82, 2.24) is 15.1 Å². The second kappa shape index (κ2) is 9.19. The van der Waals surface area contributed by atoms with E-state index >= 15 is 0 Å². The highest BCUT2D eigenvalue weighted by Crippen LogP contribution is 2.21. The van der Waals surface area contributed by atoms with Gasteiger partial charge in [0.25, 0.3) is 0 Å². The largest absolute Gasteiger partial charge is 0.496 e. The fourth-order valence-corrected chi connectivity index (χ4v) is 3.93. The number of piperidine rings is 1. The van der Waals surface area contributed by atoms with Gasteiger partial charge in [0.2, 0.25) is 5.91 Å². The number of rotatable bonds is 7. The van der Waals surface area contributed by atoms with Gasteiger partial charge in [-0.3, -0.25) is 10.1 Å². The van der Waals surface area contributed by atoms with Crippen molar-refractivity contribution in [1.29, 1.82) is 0 Å². The normalized spacial score (nSPS) is 21.1. The molecule has 142 valence electrons. The monoisotopic (exact) mass is 357 g/mol.